The van der Waals surface area contributed by atoms with Crippen LogP contribution in [-0.4, -0.2) is 44.3 Å². The van der Waals surface area contributed by atoms with Gasteiger partial charge in [0.2, 0.25) is 11.8 Å². The monoisotopic (exact) mass is 659 g/mol. The number of hydrogen-bond acceptors (Lipinski definition) is 4. The molecule has 0 unspecified atom stereocenters. The Kier molecular flexibility index (Phi) is 10.3. The fourth-order valence-electron chi connectivity index (χ4n) is 3.83. The first kappa shape index (κ1) is 31.4. The van der Waals surface area contributed by atoms with E-state index in [4.69, 9.17) is 11.6 Å². The first-order valence-corrected chi connectivity index (χ1v) is 14.6. The van der Waals surface area contributed by atoms with Crippen LogP contribution in [0.3, 0.4) is 0 Å². The van der Waals surface area contributed by atoms with E-state index < -0.39 is 56.9 Å². The zero-order valence-corrected chi connectivity index (χ0v) is 24.6. The summed E-state index contributed by atoms with van der Waals surface area (Å²) < 4.78 is 69.8. The van der Waals surface area contributed by atoms with Crippen molar-refractivity contribution in [2.24, 2.45) is 0 Å². The summed E-state index contributed by atoms with van der Waals surface area (Å²) in [6, 6.07) is 15.5. The fourth-order valence-corrected chi connectivity index (χ4v) is 5.74. The highest BCUT2D eigenvalue weighted by Crippen LogP contribution is 2.38. The Labute approximate surface area is 244 Å². The van der Waals surface area contributed by atoms with Gasteiger partial charge in [-0.3, -0.25) is 13.9 Å². The highest BCUT2D eigenvalue weighted by Gasteiger charge is 2.36. The summed E-state index contributed by atoms with van der Waals surface area (Å²) in [7, 11) is -4.52. The average molecular weight is 661 g/mol. The zero-order chi connectivity index (χ0) is 29.7. The Hall–Kier alpha value is -3.09. The Morgan fingerprint density at radius 2 is 1.65 bits per heavy atom. The lowest BCUT2D eigenvalue weighted by molar-refractivity contribution is -0.139. The molecule has 0 aliphatic rings. The minimum absolute atomic E-state index is 0.0575. The summed E-state index contributed by atoms with van der Waals surface area (Å²) in [5, 5.41) is 2.01. The highest BCUT2D eigenvalue weighted by atomic mass is 79.9. The molecule has 1 atom stereocenters. The lowest BCUT2D eigenvalue weighted by Gasteiger charge is -2.32. The molecule has 0 heterocycles. The van der Waals surface area contributed by atoms with Crippen LogP contribution in [-0.2, 0) is 32.3 Å². The summed E-state index contributed by atoms with van der Waals surface area (Å²) in [6.07, 6.45) is -4.88. The molecule has 0 radical (unpaired) electrons. The fraction of sp³-hybridized carbons (Fsp3) is 0.259. The molecule has 3 aromatic rings. The first-order valence-electron chi connectivity index (χ1n) is 12.0. The largest absolute Gasteiger partial charge is 0.417 e. The molecule has 0 saturated heterocycles. The summed E-state index contributed by atoms with van der Waals surface area (Å²) >= 11 is 9.10. The van der Waals surface area contributed by atoms with Crippen molar-refractivity contribution in [1.82, 2.24) is 10.2 Å². The molecule has 0 aromatic heterocycles. The van der Waals surface area contributed by atoms with Gasteiger partial charge in [-0.15, -0.1) is 0 Å². The highest BCUT2D eigenvalue weighted by molar-refractivity contribution is 9.10. The Bertz CT molecular complexity index is 1460. The molecule has 1 N–H and O–H groups in total. The smallest absolute Gasteiger partial charge is 0.355 e. The number of likely N-dealkylation sites (N-methyl/N-ethyl adjacent to an activating group) is 1. The summed E-state index contributed by atoms with van der Waals surface area (Å²) in [5.74, 6) is -1.28. The molecule has 3 rings (SSSR count). The van der Waals surface area contributed by atoms with E-state index in [0.717, 1.165) is 16.6 Å². The number of sulfonamides is 1. The number of carbonyl (C=O) groups excluding carboxylic acids is 2. The molecule has 7 nitrogen and oxygen atoms in total. The van der Waals surface area contributed by atoms with E-state index in [1.165, 1.54) is 36.1 Å². The standard InChI is InChI=1S/C27H26BrClF3N3O4S/c1-3-33-26(37)18(2)34(16-19-9-11-20(28)12-10-19)25(36)17-35(40(38,39)22-7-5-4-6-8-22)21-13-14-24(29)23(15-21)27(30,31)32/h4-15,18H,3,16-17H2,1-2H3,(H,33,37)/t18-/m1/s1. The van der Waals surface area contributed by atoms with Crippen LogP contribution in [0, 0.1) is 0 Å². The normalized spacial score (nSPS) is 12.5. The van der Waals surface area contributed by atoms with Crippen molar-refractivity contribution in [1.29, 1.82) is 0 Å². The second kappa shape index (κ2) is 13.0. The number of nitrogens with one attached hydrogen (secondary N) is 1. The molecular formula is C27H26BrClF3N3O4S. The third kappa shape index (κ3) is 7.55. The van der Waals surface area contributed by atoms with Gasteiger partial charge in [0, 0.05) is 17.6 Å². The third-order valence-electron chi connectivity index (χ3n) is 5.94. The molecule has 0 spiro atoms. The van der Waals surface area contributed by atoms with Crippen LogP contribution in [0.15, 0.2) is 82.2 Å². The van der Waals surface area contributed by atoms with Crippen LogP contribution >= 0.6 is 27.5 Å². The first-order chi connectivity index (χ1) is 18.8. The predicted octanol–water partition coefficient (Wildman–Crippen LogP) is 5.87. The number of carbonyl (C=O) groups is 2. The van der Waals surface area contributed by atoms with Crippen LogP contribution < -0.4 is 9.62 Å². The van der Waals surface area contributed by atoms with Crippen LogP contribution in [0.5, 0.6) is 0 Å². The second-order valence-corrected chi connectivity index (χ2v) is 11.9. The number of rotatable bonds is 10. The van der Waals surface area contributed by atoms with Gasteiger partial charge in [-0.05, 0) is 61.9 Å². The van der Waals surface area contributed by atoms with E-state index in [9.17, 15) is 31.2 Å². The lowest BCUT2D eigenvalue weighted by Crippen LogP contribution is -2.51. The van der Waals surface area contributed by atoms with Gasteiger partial charge in [-0.25, -0.2) is 8.42 Å². The molecule has 2 amide bonds. The molecule has 0 fully saturated rings. The number of alkyl halides is 3. The van der Waals surface area contributed by atoms with Crippen LogP contribution in [0.1, 0.15) is 25.0 Å². The molecular weight excluding hydrogens is 635 g/mol. The Balaban J connectivity index is 2.10. The van der Waals surface area contributed by atoms with E-state index in [-0.39, 0.29) is 11.4 Å². The average Bonchev–Trinajstić information content (AvgIpc) is 2.91. The van der Waals surface area contributed by atoms with Gasteiger partial charge in [0.1, 0.15) is 12.6 Å². The number of benzene rings is 3. The molecule has 0 bridgehead atoms. The van der Waals surface area contributed by atoms with Crippen molar-refractivity contribution >= 4 is 55.1 Å². The molecule has 13 heteroatoms. The van der Waals surface area contributed by atoms with Gasteiger partial charge in [0.25, 0.3) is 10.0 Å². The topological polar surface area (TPSA) is 86.8 Å². The van der Waals surface area contributed by atoms with Gasteiger partial charge in [0.15, 0.2) is 0 Å². The maximum Gasteiger partial charge on any atom is 0.417 e. The maximum atomic E-state index is 13.8. The van der Waals surface area contributed by atoms with Crippen molar-refractivity contribution in [3.8, 4) is 0 Å². The number of nitrogens with zero attached hydrogens (tertiary/aromatic N) is 2. The van der Waals surface area contributed by atoms with Gasteiger partial charge >= 0.3 is 6.18 Å². The van der Waals surface area contributed by atoms with Crippen LogP contribution in [0.2, 0.25) is 5.02 Å². The minimum atomic E-state index is -4.88. The van der Waals surface area contributed by atoms with Crippen molar-refractivity contribution in [3.05, 3.63) is 93.4 Å². The zero-order valence-electron chi connectivity index (χ0n) is 21.5. The van der Waals surface area contributed by atoms with Crippen molar-refractivity contribution < 1.29 is 31.2 Å². The Morgan fingerprint density at radius 3 is 2.23 bits per heavy atom. The lowest BCUT2D eigenvalue weighted by atomic mass is 10.1. The SMILES string of the molecule is CCNC(=O)[C@@H](C)N(Cc1ccc(Br)cc1)C(=O)CN(c1ccc(Cl)c(C(F)(F)F)c1)S(=O)(=O)c1ccccc1. The van der Waals surface area contributed by atoms with Crippen molar-refractivity contribution in [2.45, 2.75) is 37.5 Å². The third-order valence-corrected chi connectivity index (χ3v) is 8.58. The minimum Gasteiger partial charge on any atom is -0.355 e. The number of hydrogen-bond donors (Lipinski definition) is 1. The molecule has 0 aliphatic carbocycles. The number of amides is 2. The van der Waals surface area contributed by atoms with Crippen molar-refractivity contribution in [2.75, 3.05) is 17.4 Å². The Morgan fingerprint density at radius 1 is 1.02 bits per heavy atom. The van der Waals surface area contributed by atoms with E-state index >= 15 is 0 Å². The van der Waals surface area contributed by atoms with E-state index in [0.29, 0.717) is 22.5 Å². The van der Waals surface area contributed by atoms with E-state index in [1.807, 2.05) is 0 Å². The quantitative estimate of drug-likeness (QED) is 0.295. The maximum absolute atomic E-state index is 13.8. The van der Waals surface area contributed by atoms with Crippen LogP contribution in [0.25, 0.3) is 0 Å². The van der Waals surface area contributed by atoms with Crippen LogP contribution in [0.4, 0.5) is 18.9 Å². The summed E-state index contributed by atoms with van der Waals surface area (Å²) in [5.41, 5.74) is -1.02. The second-order valence-electron chi connectivity index (χ2n) is 8.71. The molecule has 3 aromatic carbocycles. The van der Waals surface area contributed by atoms with Gasteiger partial charge < -0.3 is 10.2 Å². The molecule has 0 aliphatic heterocycles. The summed E-state index contributed by atoms with van der Waals surface area (Å²) in [6.45, 7) is 2.55. The molecule has 40 heavy (non-hydrogen) atoms. The van der Waals surface area contributed by atoms with Crippen molar-refractivity contribution in [3.63, 3.8) is 0 Å². The van der Waals surface area contributed by atoms with E-state index in [2.05, 4.69) is 21.2 Å². The summed E-state index contributed by atoms with van der Waals surface area (Å²) in [4.78, 5) is 27.4. The predicted molar refractivity (Wildman–Crippen MR) is 150 cm³/mol. The molecule has 0 saturated carbocycles. The number of anilines is 1. The number of halogens is 5. The van der Waals surface area contributed by atoms with Gasteiger partial charge in [0.05, 0.1) is 21.2 Å². The molecule has 214 valence electrons. The van der Waals surface area contributed by atoms with E-state index in [1.54, 1.807) is 37.3 Å². The van der Waals surface area contributed by atoms with Gasteiger partial charge in [-0.2, -0.15) is 13.2 Å². The van der Waals surface area contributed by atoms with Gasteiger partial charge in [-0.1, -0.05) is 57.9 Å².